The van der Waals surface area contributed by atoms with Crippen molar-refractivity contribution in [3.05, 3.63) is 99.5 Å². The summed E-state index contributed by atoms with van der Waals surface area (Å²) >= 11 is 3.41. The van der Waals surface area contributed by atoms with E-state index in [1.807, 2.05) is 49.4 Å². The van der Waals surface area contributed by atoms with Crippen molar-refractivity contribution in [3.8, 4) is 5.75 Å². The molecule has 4 rings (SSSR count). The van der Waals surface area contributed by atoms with Crippen molar-refractivity contribution in [1.29, 1.82) is 0 Å². The van der Waals surface area contributed by atoms with Gasteiger partial charge in [-0.2, -0.15) is 0 Å². The van der Waals surface area contributed by atoms with Crippen molar-refractivity contribution >= 4 is 39.1 Å². The maximum Gasteiger partial charge on any atom is 0.300 e. The second-order valence-corrected chi connectivity index (χ2v) is 8.12. The molecule has 1 saturated heterocycles. The van der Waals surface area contributed by atoms with E-state index in [2.05, 4.69) is 15.9 Å². The van der Waals surface area contributed by atoms with E-state index in [0.717, 1.165) is 11.1 Å². The number of anilines is 1. The number of aliphatic hydroxyl groups is 1. The summed E-state index contributed by atoms with van der Waals surface area (Å²) in [6.07, 6.45) is 0. The number of aliphatic hydroxyl groups excluding tert-OH is 1. The molecule has 0 bridgehead atoms. The van der Waals surface area contributed by atoms with Crippen molar-refractivity contribution in [1.82, 2.24) is 0 Å². The number of carbonyl (C=O) groups excluding carboxylic acids is 2. The molecule has 5 nitrogen and oxygen atoms in total. The molecule has 1 aliphatic heterocycles. The van der Waals surface area contributed by atoms with E-state index in [9.17, 15) is 14.7 Å². The van der Waals surface area contributed by atoms with Crippen molar-refractivity contribution < 1.29 is 19.4 Å². The highest BCUT2D eigenvalue weighted by molar-refractivity contribution is 9.10. The number of para-hydroxylation sites is 1. The van der Waals surface area contributed by atoms with Gasteiger partial charge in [-0.3, -0.25) is 14.5 Å². The van der Waals surface area contributed by atoms with Crippen LogP contribution in [0.4, 0.5) is 5.69 Å². The van der Waals surface area contributed by atoms with Crippen LogP contribution in [0, 0.1) is 6.92 Å². The van der Waals surface area contributed by atoms with Gasteiger partial charge in [-0.1, -0.05) is 48.0 Å². The third-order valence-corrected chi connectivity index (χ3v) is 5.88. The number of ether oxygens (including phenoxy) is 1. The number of aryl methyl sites for hydroxylation is 1. The number of hydrogen-bond acceptors (Lipinski definition) is 4. The van der Waals surface area contributed by atoms with Crippen LogP contribution in [-0.4, -0.2) is 23.9 Å². The Morgan fingerprint density at radius 2 is 1.74 bits per heavy atom. The average molecular weight is 478 g/mol. The van der Waals surface area contributed by atoms with E-state index in [4.69, 9.17) is 4.74 Å². The monoisotopic (exact) mass is 477 g/mol. The summed E-state index contributed by atoms with van der Waals surface area (Å²) in [7, 11) is 1.54. The summed E-state index contributed by atoms with van der Waals surface area (Å²) in [5, 5.41) is 11.2. The quantitative estimate of drug-likeness (QED) is 0.310. The molecular formula is C25H20BrNO4. The Hall–Kier alpha value is -3.38. The van der Waals surface area contributed by atoms with E-state index in [-0.39, 0.29) is 11.3 Å². The highest BCUT2D eigenvalue weighted by atomic mass is 79.9. The first-order valence-electron chi connectivity index (χ1n) is 9.69. The lowest BCUT2D eigenvalue weighted by Gasteiger charge is -2.25. The van der Waals surface area contributed by atoms with Crippen LogP contribution in [0.15, 0.2) is 82.8 Å². The van der Waals surface area contributed by atoms with E-state index in [1.165, 1.54) is 4.90 Å². The van der Waals surface area contributed by atoms with Crippen LogP contribution in [0.3, 0.4) is 0 Å². The fourth-order valence-corrected chi connectivity index (χ4v) is 4.35. The SMILES string of the molecule is COc1ccc(/C(O)=C2/C(=O)C(=O)N(c3ccccc3)C2c2cccc(C)c2)cc1Br. The van der Waals surface area contributed by atoms with Crippen molar-refractivity contribution in [2.45, 2.75) is 13.0 Å². The smallest absolute Gasteiger partial charge is 0.300 e. The van der Waals surface area contributed by atoms with E-state index in [0.29, 0.717) is 21.5 Å². The number of carbonyl (C=O) groups is 2. The van der Waals surface area contributed by atoms with Crippen molar-refractivity contribution in [2.75, 3.05) is 12.0 Å². The van der Waals surface area contributed by atoms with Crippen LogP contribution >= 0.6 is 15.9 Å². The zero-order valence-corrected chi connectivity index (χ0v) is 18.6. The summed E-state index contributed by atoms with van der Waals surface area (Å²) in [6, 6.07) is 20.9. The Morgan fingerprint density at radius 1 is 1.00 bits per heavy atom. The Labute approximate surface area is 188 Å². The maximum absolute atomic E-state index is 13.1. The molecule has 3 aromatic rings. The first-order valence-corrected chi connectivity index (χ1v) is 10.5. The molecule has 1 amide bonds. The zero-order chi connectivity index (χ0) is 22.1. The Kier molecular flexibility index (Phi) is 5.65. The molecule has 1 N–H and O–H groups in total. The lowest BCUT2D eigenvalue weighted by Crippen LogP contribution is -2.29. The van der Waals surface area contributed by atoms with Crippen LogP contribution in [0.1, 0.15) is 22.7 Å². The highest BCUT2D eigenvalue weighted by Gasteiger charge is 2.46. The molecule has 0 saturated carbocycles. The number of hydrogen-bond donors (Lipinski definition) is 1. The van der Waals surface area contributed by atoms with Crippen LogP contribution in [0.25, 0.3) is 5.76 Å². The van der Waals surface area contributed by atoms with E-state index < -0.39 is 17.7 Å². The van der Waals surface area contributed by atoms with Crippen LogP contribution in [0.2, 0.25) is 0 Å². The number of halogens is 1. The molecule has 1 atom stereocenters. The summed E-state index contributed by atoms with van der Waals surface area (Å²) in [6.45, 7) is 1.94. The highest BCUT2D eigenvalue weighted by Crippen LogP contribution is 2.42. The second kappa shape index (κ2) is 8.40. The summed E-state index contributed by atoms with van der Waals surface area (Å²) < 4.78 is 5.88. The minimum absolute atomic E-state index is 0.0523. The molecule has 0 spiro atoms. The molecule has 1 heterocycles. The topological polar surface area (TPSA) is 66.8 Å². The molecule has 6 heteroatoms. The minimum atomic E-state index is -0.747. The van der Waals surface area contributed by atoms with E-state index in [1.54, 1.807) is 37.4 Å². The number of benzene rings is 3. The van der Waals surface area contributed by atoms with Crippen molar-refractivity contribution in [2.24, 2.45) is 0 Å². The van der Waals surface area contributed by atoms with Crippen LogP contribution in [-0.2, 0) is 9.59 Å². The van der Waals surface area contributed by atoms with Gasteiger partial charge in [-0.05, 0) is 58.7 Å². The number of ketones is 1. The number of amides is 1. The molecule has 0 aromatic heterocycles. The van der Waals surface area contributed by atoms with Gasteiger partial charge in [0.05, 0.1) is 23.2 Å². The molecular weight excluding hydrogens is 458 g/mol. The normalized spacial score (nSPS) is 17.8. The first-order chi connectivity index (χ1) is 14.9. The van der Waals surface area contributed by atoms with Gasteiger partial charge >= 0.3 is 0 Å². The standard InChI is InChI=1S/C25H20BrNO4/c1-15-7-6-8-16(13-15)22-21(23(28)17-11-12-20(31-2)19(26)14-17)24(29)25(30)27(22)18-9-4-3-5-10-18/h3-14,22,28H,1-2H3/b23-21-. The van der Waals surface area contributed by atoms with Gasteiger partial charge in [0.1, 0.15) is 11.5 Å². The number of rotatable bonds is 4. The van der Waals surface area contributed by atoms with Crippen molar-refractivity contribution in [3.63, 3.8) is 0 Å². The predicted octanol–water partition coefficient (Wildman–Crippen LogP) is 5.39. The summed E-state index contributed by atoms with van der Waals surface area (Å²) in [5.41, 5.74) is 2.79. The number of Topliss-reactive ketones (excluding diaryl/α,β-unsaturated/α-hetero) is 1. The molecule has 1 unspecified atom stereocenters. The minimum Gasteiger partial charge on any atom is -0.507 e. The molecule has 31 heavy (non-hydrogen) atoms. The molecule has 0 radical (unpaired) electrons. The zero-order valence-electron chi connectivity index (χ0n) is 17.0. The third kappa shape index (κ3) is 3.75. The molecule has 3 aromatic carbocycles. The predicted molar refractivity (Wildman–Crippen MR) is 123 cm³/mol. The largest absolute Gasteiger partial charge is 0.507 e. The molecule has 156 valence electrons. The van der Waals surface area contributed by atoms with Gasteiger partial charge in [0, 0.05) is 11.3 Å². The van der Waals surface area contributed by atoms with Gasteiger partial charge in [-0.25, -0.2) is 0 Å². The van der Waals surface area contributed by atoms with Gasteiger partial charge < -0.3 is 9.84 Å². The number of nitrogens with zero attached hydrogens (tertiary/aromatic N) is 1. The lowest BCUT2D eigenvalue weighted by molar-refractivity contribution is -0.132. The summed E-state index contributed by atoms with van der Waals surface area (Å²) in [5.74, 6) is -1.03. The maximum atomic E-state index is 13.1. The van der Waals surface area contributed by atoms with Gasteiger partial charge in [0.25, 0.3) is 11.7 Å². The summed E-state index contributed by atoms with van der Waals surface area (Å²) in [4.78, 5) is 27.7. The Morgan fingerprint density at radius 3 is 2.39 bits per heavy atom. The van der Waals surface area contributed by atoms with Gasteiger partial charge in [0.2, 0.25) is 0 Å². The van der Waals surface area contributed by atoms with Crippen LogP contribution in [0.5, 0.6) is 5.75 Å². The third-order valence-electron chi connectivity index (χ3n) is 5.26. The number of methoxy groups -OCH3 is 1. The second-order valence-electron chi connectivity index (χ2n) is 7.27. The molecule has 0 aliphatic carbocycles. The fraction of sp³-hybridized carbons (Fsp3) is 0.120. The van der Waals surface area contributed by atoms with E-state index >= 15 is 0 Å². The Bertz CT molecular complexity index is 1200. The van der Waals surface area contributed by atoms with Gasteiger partial charge in [0.15, 0.2) is 0 Å². The molecule has 1 aliphatic rings. The fourth-order valence-electron chi connectivity index (χ4n) is 3.81. The Balaban J connectivity index is 1.94. The van der Waals surface area contributed by atoms with Gasteiger partial charge in [-0.15, -0.1) is 0 Å². The van der Waals surface area contributed by atoms with Crippen LogP contribution < -0.4 is 9.64 Å². The average Bonchev–Trinajstić information content (AvgIpc) is 3.04. The lowest BCUT2D eigenvalue weighted by atomic mass is 9.94. The molecule has 1 fully saturated rings. The first kappa shape index (κ1) is 20.9.